The van der Waals surface area contributed by atoms with Crippen molar-refractivity contribution < 1.29 is 18.7 Å². The smallest absolute Gasteiger partial charge is 0.330 e. The first-order valence-electron chi connectivity index (χ1n) is 15.2. The molecule has 0 atom stereocenters. The van der Waals surface area contributed by atoms with E-state index in [9.17, 15) is 4.79 Å². The summed E-state index contributed by atoms with van der Waals surface area (Å²) in [5, 5.41) is 3.39. The van der Waals surface area contributed by atoms with Gasteiger partial charge in [0.2, 0.25) is 5.95 Å². The number of halogens is 2. The predicted molar refractivity (Wildman–Crippen MR) is 164 cm³/mol. The number of carbonyl (C=O) groups is 1. The summed E-state index contributed by atoms with van der Waals surface area (Å²) in [5.74, 6) is 0.600. The molecule has 42 heavy (non-hydrogen) atoms. The molecule has 1 aromatic heterocycles. The number of nitrogens with zero attached hydrogens (tertiary/aromatic N) is 6. The Morgan fingerprint density at radius 2 is 1.88 bits per heavy atom. The Labute approximate surface area is 253 Å². The molecule has 0 bridgehead atoms. The van der Waals surface area contributed by atoms with Crippen molar-refractivity contribution in [3.8, 4) is 11.5 Å². The van der Waals surface area contributed by atoms with Crippen LogP contribution in [0.5, 0.6) is 11.5 Å². The van der Waals surface area contributed by atoms with Crippen LogP contribution in [-0.2, 0) is 6.54 Å². The Balaban J connectivity index is 1.30. The zero-order chi connectivity index (χ0) is 29.6. The molecule has 2 amide bonds. The van der Waals surface area contributed by atoms with E-state index in [0.29, 0.717) is 18.4 Å². The Morgan fingerprint density at radius 3 is 2.60 bits per heavy atom. The number of rotatable bonds is 12. The largest absolute Gasteiger partial charge is 0.493 e. The molecule has 3 heterocycles. The SMILES string of the molecule is CCOc1cc(OC)c(F)c(N2Cc3cnc(NCCCCCN4CCN(C)CC4)nc3N(C3CCCC3)C2=O)c1Cl. The van der Waals surface area contributed by atoms with E-state index in [1.54, 1.807) is 11.1 Å². The van der Waals surface area contributed by atoms with Crippen molar-refractivity contribution in [1.29, 1.82) is 0 Å². The zero-order valence-corrected chi connectivity index (χ0v) is 25.8. The van der Waals surface area contributed by atoms with Crippen molar-refractivity contribution in [2.45, 2.75) is 64.5 Å². The number of methoxy groups -OCH3 is 1. The van der Waals surface area contributed by atoms with Crippen molar-refractivity contribution in [3.63, 3.8) is 0 Å². The van der Waals surface area contributed by atoms with Gasteiger partial charge in [0.15, 0.2) is 11.6 Å². The molecule has 12 heteroatoms. The van der Waals surface area contributed by atoms with Crippen LogP contribution in [-0.4, -0.2) is 91.9 Å². The highest BCUT2D eigenvalue weighted by Gasteiger charge is 2.41. The van der Waals surface area contributed by atoms with Gasteiger partial charge in [-0.15, -0.1) is 0 Å². The van der Waals surface area contributed by atoms with Gasteiger partial charge in [0, 0.05) is 56.6 Å². The second kappa shape index (κ2) is 14.1. The molecule has 0 radical (unpaired) electrons. The molecule has 5 rings (SSSR count). The van der Waals surface area contributed by atoms with Crippen molar-refractivity contribution in [3.05, 3.63) is 28.7 Å². The van der Waals surface area contributed by atoms with Crippen LogP contribution < -0.4 is 24.6 Å². The molecule has 0 unspecified atom stereocenters. The lowest BCUT2D eigenvalue weighted by Crippen LogP contribution is -2.52. The monoisotopic (exact) mass is 603 g/mol. The molecule has 1 aromatic carbocycles. The molecule has 1 saturated carbocycles. The van der Waals surface area contributed by atoms with Gasteiger partial charge in [-0.2, -0.15) is 4.98 Å². The molecule has 1 aliphatic carbocycles. The maximum atomic E-state index is 15.7. The van der Waals surface area contributed by atoms with Crippen LogP contribution in [0.25, 0.3) is 0 Å². The van der Waals surface area contributed by atoms with Gasteiger partial charge >= 0.3 is 6.03 Å². The first-order valence-corrected chi connectivity index (χ1v) is 15.6. The molecular weight excluding hydrogens is 561 g/mol. The predicted octanol–water partition coefficient (Wildman–Crippen LogP) is 5.40. The third-order valence-corrected chi connectivity index (χ3v) is 8.82. The minimum Gasteiger partial charge on any atom is -0.493 e. The molecule has 10 nitrogen and oxygen atoms in total. The van der Waals surface area contributed by atoms with Gasteiger partial charge < -0.3 is 24.6 Å². The highest BCUT2D eigenvalue weighted by atomic mass is 35.5. The van der Waals surface area contributed by atoms with Gasteiger partial charge in [0.1, 0.15) is 22.3 Å². The summed E-state index contributed by atoms with van der Waals surface area (Å²) in [6, 6.07) is 1.02. The van der Waals surface area contributed by atoms with Crippen LogP contribution in [0.2, 0.25) is 5.02 Å². The van der Waals surface area contributed by atoms with Crippen molar-refractivity contribution >= 4 is 35.1 Å². The van der Waals surface area contributed by atoms with Gasteiger partial charge in [0.05, 0.1) is 20.3 Å². The van der Waals surface area contributed by atoms with E-state index in [1.807, 2.05) is 6.92 Å². The number of urea groups is 1. The van der Waals surface area contributed by atoms with Gasteiger partial charge in [-0.3, -0.25) is 9.80 Å². The Morgan fingerprint density at radius 1 is 1.12 bits per heavy atom. The van der Waals surface area contributed by atoms with Crippen LogP contribution >= 0.6 is 11.6 Å². The third-order valence-electron chi connectivity index (χ3n) is 8.46. The van der Waals surface area contributed by atoms with Crippen molar-refractivity contribution in [2.24, 2.45) is 0 Å². The summed E-state index contributed by atoms with van der Waals surface area (Å²) in [7, 11) is 3.55. The maximum Gasteiger partial charge on any atom is 0.330 e. The molecule has 2 aliphatic heterocycles. The zero-order valence-electron chi connectivity index (χ0n) is 25.0. The van der Waals surface area contributed by atoms with Crippen LogP contribution in [0.4, 0.5) is 26.6 Å². The minimum absolute atomic E-state index is 0.0322. The van der Waals surface area contributed by atoms with E-state index in [4.69, 9.17) is 26.1 Å². The second-order valence-corrected chi connectivity index (χ2v) is 11.7. The number of amides is 2. The number of hydrogen-bond donors (Lipinski definition) is 1. The van der Waals surface area contributed by atoms with E-state index in [2.05, 4.69) is 27.1 Å². The lowest BCUT2D eigenvalue weighted by Gasteiger charge is -2.39. The summed E-state index contributed by atoms with van der Waals surface area (Å²) in [6.45, 7) is 8.71. The van der Waals surface area contributed by atoms with Gasteiger partial charge in [-0.25, -0.2) is 14.2 Å². The van der Waals surface area contributed by atoms with Crippen LogP contribution in [0, 0.1) is 5.82 Å². The van der Waals surface area contributed by atoms with E-state index >= 15 is 4.39 Å². The van der Waals surface area contributed by atoms with Crippen LogP contribution in [0.3, 0.4) is 0 Å². The van der Waals surface area contributed by atoms with Crippen LogP contribution in [0.1, 0.15) is 57.4 Å². The fourth-order valence-electron chi connectivity index (χ4n) is 6.06. The highest BCUT2D eigenvalue weighted by Crippen LogP contribution is 2.45. The number of benzene rings is 1. The number of fused-ring (bicyclic) bond motifs is 1. The average Bonchev–Trinajstić information content (AvgIpc) is 3.52. The number of unbranched alkanes of at least 4 members (excludes halogenated alkanes) is 2. The Hall–Kier alpha value is -2.89. The first kappa shape index (κ1) is 30.6. The Kier molecular flexibility index (Phi) is 10.2. The van der Waals surface area contributed by atoms with E-state index in [0.717, 1.165) is 83.4 Å². The van der Waals surface area contributed by atoms with E-state index in [-0.39, 0.29) is 40.8 Å². The van der Waals surface area contributed by atoms with E-state index in [1.165, 1.54) is 24.5 Å². The fraction of sp³-hybridized carbons (Fsp3) is 0.633. The van der Waals surface area contributed by atoms with Crippen molar-refractivity contribution in [2.75, 3.05) is 75.1 Å². The fourth-order valence-corrected chi connectivity index (χ4v) is 6.35. The summed E-state index contributed by atoms with van der Waals surface area (Å²) < 4.78 is 26.6. The summed E-state index contributed by atoms with van der Waals surface area (Å²) >= 11 is 6.64. The summed E-state index contributed by atoms with van der Waals surface area (Å²) in [6.07, 6.45) is 8.81. The molecule has 3 aliphatic rings. The minimum atomic E-state index is -0.707. The number of likely N-dealkylation sites (N-methyl/N-ethyl adjacent to an activating group) is 1. The summed E-state index contributed by atoms with van der Waals surface area (Å²) in [4.78, 5) is 31.5. The number of carbonyl (C=O) groups excluding carboxylic acids is 1. The molecule has 2 aromatic rings. The average molecular weight is 604 g/mol. The number of hydrogen-bond acceptors (Lipinski definition) is 8. The second-order valence-electron chi connectivity index (χ2n) is 11.3. The molecular formula is C30H43ClFN7O3. The maximum absolute atomic E-state index is 15.7. The molecule has 1 saturated heterocycles. The lowest BCUT2D eigenvalue weighted by molar-refractivity contribution is 0.152. The quantitative estimate of drug-likeness (QED) is 0.323. The van der Waals surface area contributed by atoms with Gasteiger partial charge in [0.25, 0.3) is 0 Å². The molecule has 1 N–H and O–H groups in total. The van der Waals surface area contributed by atoms with E-state index < -0.39 is 5.82 Å². The van der Waals surface area contributed by atoms with Crippen molar-refractivity contribution in [1.82, 2.24) is 19.8 Å². The number of piperazine rings is 1. The van der Waals surface area contributed by atoms with Crippen LogP contribution in [0.15, 0.2) is 12.3 Å². The number of anilines is 3. The third kappa shape index (κ3) is 6.68. The number of nitrogens with one attached hydrogen (secondary N) is 1. The first-order chi connectivity index (χ1) is 20.4. The van der Waals surface area contributed by atoms with Gasteiger partial charge in [-0.1, -0.05) is 30.9 Å². The normalized spacial score (nSPS) is 18.5. The number of aromatic nitrogens is 2. The number of ether oxygens (including phenoxy) is 2. The topological polar surface area (TPSA) is 86.3 Å². The Bertz CT molecular complexity index is 1240. The lowest BCUT2D eigenvalue weighted by atomic mass is 10.1. The molecule has 2 fully saturated rings. The molecule has 230 valence electrons. The standard InChI is InChI=1S/C30H43ClFN7O3/c1-4-42-23-18-24(41-3)26(32)27(25(23)31)38-20-21-19-34-29(35-28(21)39(30(38)40)22-10-6-7-11-22)33-12-8-5-9-13-37-16-14-36(2)15-17-37/h18-19,22H,4-17,20H2,1-3H3,(H,33,34,35). The molecule has 0 spiro atoms. The summed E-state index contributed by atoms with van der Waals surface area (Å²) in [5.41, 5.74) is 0.673. The highest BCUT2D eigenvalue weighted by molar-refractivity contribution is 6.35. The van der Waals surface area contributed by atoms with Gasteiger partial charge in [-0.05, 0) is 46.2 Å².